The van der Waals surface area contributed by atoms with Gasteiger partial charge < -0.3 is 10.2 Å². The Kier molecular flexibility index (Phi) is 6.08. The van der Waals surface area contributed by atoms with Crippen molar-refractivity contribution in [3.05, 3.63) is 23.8 Å². The Morgan fingerprint density at radius 1 is 1.13 bits per heavy atom. The zero-order chi connectivity index (χ0) is 21.8. The number of aliphatic hydroxyl groups is 2. The summed E-state index contributed by atoms with van der Waals surface area (Å²) in [5, 5.41) is 21.5. The summed E-state index contributed by atoms with van der Waals surface area (Å²) in [7, 11) is 0. The van der Waals surface area contributed by atoms with Gasteiger partial charge in [-0.3, -0.25) is 0 Å². The van der Waals surface area contributed by atoms with E-state index in [1.807, 2.05) is 0 Å². The minimum absolute atomic E-state index is 0.131. The van der Waals surface area contributed by atoms with Crippen molar-refractivity contribution in [2.45, 2.75) is 105 Å². The van der Waals surface area contributed by atoms with Crippen molar-refractivity contribution >= 4 is 0 Å². The fraction of sp³-hybridized carbons (Fsp3) is 0.857. The Morgan fingerprint density at radius 2 is 1.87 bits per heavy atom. The molecule has 3 fully saturated rings. The predicted octanol–water partition coefficient (Wildman–Crippen LogP) is 6.53. The quantitative estimate of drug-likeness (QED) is 0.502. The van der Waals surface area contributed by atoms with Crippen LogP contribution in [-0.4, -0.2) is 22.4 Å². The monoisotopic (exact) mass is 414 g/mol. The average molecular weight is 415 g/mol. The number of rotatable bonds is 5. The van der Waals surface area contributed by atoms with Gasteiger partial charge in [0.15, 0.2) is 0 Å². The fourth-order valence-electron chi connectivity index (χ4n) is 8.60. The van der Waals surface area contributed by atoms with E-state index in [1.165, 1.54) is 24.8 Å². The van der Waals surface area contributed by atoms with Crippen molar-refractivity contribution in [1.82, 2.24) is 0 Å². The van der Waals surface area contributed by atoms with E-state index < -0.39 is 0 Å². The molecule has 0 bridgehead atoms. The van der Waals surface area contributed by atoms with Crippen molar-refractivity contribution in [3.8, 4) is 0 Å². The zero-order valence-corrected chi connectivity index (χ0v) is 20.2. The van der Waals surface area contributed by atoms with Crippen LogP contribution >= 0.6 is 0 Å². The van der Waals surface area contributed by atoms with Crippen LogP contribution in [0.25, 0.3) is 0 Å². The highest BCUT2D eigenvalue weighted by atomic mass is 16.3. The van der Waals surface area contributed by atoms with Crippen LogP contribution in [0.2, 0.25) is 0 Å². The third kappa shape index (κ3) is 3.54. The first-order valence-electron chi connectivity index (χ1n) is 12.8. The summed E-state index contributed by atoms with van der Waals surface area (Å²) in [6, 6.07) is 0. The SMILES string of the molecule is C=C(CC[C@@H](C)[C@H]1[C@H](O)C[C@H]2C3CC=C4C[C@@H](O)CC[C@]4(C)[C@H]3CC[C@]12C)C(C)C. The van der Waals surface area contributed by atoms with Crippen LogP contribution in [0.1, 0.15) is 92.4 Å². The highest BCUT2D eigenvalue weighted by Gasteiger charge is 2.61. The van der Waals surface area contributed by atoms with Crippen molar-refractivity contribution in [2.24, 2.45) is 46.3 Å². The predicted molar refractivity (Wildman–Crippen MR) is 125 cm³/mol. The molecule has 0 heterocycles. The number of hydrogen-bond donors (Lipinski definition) is 2. The maximum Gasteiger partial charge on any atom is 0.0579 e. The lowest BCUT2D eigenvalue weighted by molar-refractivity contribution is -0.0618. The van der Waals surface area contributed by atoms with Gasteiger partial charge in [-0.2, -0.15) is 0 Å². The number of aliphatic hydroxyl groups excluding tert-OH is 2. The van der Waals surface area contributed by atoms with Crippen molar-refractivity contribution in [3.63, 3.8) is 0 Å². The first-order valence-corrected chi connectivity index (χ1v) is 12.8. The summed E-state index contributed by atoms with van der Waals surface area (Å²) in [5.74, 6) is 3.64. The Labute approximate surface area is 185 Å². The summed E-state index contributed by atoms with van der Waals surface area (Å²) < 4.78 is 0. The van der Waals surface area contributed by atoms with E-state index in [0.29, 0.717) is 29.6 Å². The maximum absolute atomic E-state index is 11.3. The molecule has 2 heteroatoms. The molecule has 0 aromatic rings. The van der Waals surface area contributed by atoms with E-state index in [0.717, 1.165) is 44.4 Å². The van der Waals surface area contributed by atoms with E-state index in [4.69, 9.17) is 0 Å². The molecule has 4 aliphatic carbocycles. The molecule has 3 saturated carbocycles. The van der Waals surface area contributed by atoms with Crippen molar-refractivity contribution in [1.29, 1.82) is 0 Å². The molecule has 4 aliphatic rings. The highest BCUT2D eigenvalue weighted by Crippen LogP contribution is 2.67. The minimum Gasteiger partial charge on any atom is -0.393 e. The molecule has 0 spiro atoms. The van der Waals surface area contributed by atoms with E-state index in [2.05, 4.69) is 47.3 Å². The molecule has 2 N–H and O–H groups in total. The fourth-order valence-corrected chi connectivity index (χ4v) is 8.60. The third-order valence-electron chi connectivity index (χ3n) is 10.5. The number of allylic oxidation sites excluding steroid dienone is 2. The van der Waals surface area contributed by atoms with Gasteiger partial charge in [-0.1, -0.05) is 58.4 Å². The normalized spacial score (nSPS) is 46.6. The van der Waals surface area contributed by atoms with Crippen molar-refractivity contribution in [2.75, 3.05) is 0 Å². The third-order valence-corrected chi connectivity index (χ3v) is 10.5. The van der Waals surface area contributed by atoms with Gasteiger partial charge in [-0.15, -0.1) is 0 Å². The number of hydrogen-bond acceptors (Lipinski definition) is 2. The maximum atomic E-state index is 11.3. The second-order valence-corrected chi connectivity index (χ2v) is 12.4. The molecular weight excluding hydrogens is 368 g/mol. The second-order valence-electron chi connectivity index (χ2n) is 12.4. The van der Waals surface area contributed by atoms with Crippen LogP contribution < -0.4 is 0 Å². The van der Waals surface area contributed by atoms with E-state index in [-0.39, 0.29) is 23.0 Å². The standard InChI is InChI=1S/C28H46O2/c1-17(2)18(3)7-8-19(4)26-25(30)16-24-22-10-9-20-15-21(29)11-13-27(20,5)23(22)12-14-28(24,26)6/h9,17,19,21-26,29-30H,3,7-8,10-16H2,1-2,4-6H3/t19-,21+,22?,23+,24+,25-,26+,27+,28+/m1/s1. The van der Waals surface area contributed by atoms with Gasteiger partial charge in [0, 0.05) is 0 Å². The van der Waals surface area contributed by atoms with Gasteiger partial charge in [0.2, 0.25) is 0 Å². The first-order chi connectivity index (χ1) is 14.1. The van der Waals surface area contributed by atoms with Gasteiger partial charge in [0.25, 0.3) is 0 Å². The topological polar surface area (TPSA) is 40.5 Å². The van der Waals surface area contributed by atoms with Crippen LogP contribution in [0, 0.1) is 46.3 Å². The molecule has 0 radical (unpaired) electrons. The lowest BCUT2D eigenvalue weighted by Crippen LogP contribution is -2.51. The summed E-state index contributed by atoms with van der Waals surface area (Å²) in [6.45, 7) is 16.2. The van der Waals surface area contributed by atoms with Gasteiger partial charge in [0.1, 0.15) is 0 Å². The molecule has 170 valence electrons. The smallest absolute Gasteiger partial charge is 0.0579 e. The minimum atomic E-state index is -0.146. The van der Waals surface area contributed by atoms with E-state index in [1.54, 1.807) is 5.57 Å². The molecule has 0 aromatic carbocycles. The average Bonchev–Trinajstić information content (AvgIpc) is 2.96. The molecule has 0 aromatic heterocycles. The second kappa shape index (κ2) is 8.07. The van der Waals surface area contributed by atoms with Gasteiger partial charge >= 0.3 is 0 Å². The summed E-state index contributed by atoms with van der Waals surface area (Å²) >= 11 is 0. The summed E-state index contributed by atoms with van der Waals surface area (Å²) in [6.07, 6.45) is 12.2. The Hall–Kier alpha value is -0.600. The number of fused-ring (bicyclic) bond motifs is 5. The molecular formula is C28H46O2. The molecule has 0 amide bonds. The van der Waals surface area contributed by atoms with E-state index in [9.17, 15) is 10.2 Å². The Bertz CT molecular complexity index is 693. The van der Waals surface area contributed by atoms with Crippen molar-refractivity contribution < 1.29 is 10.2 Å². The van der Waals surface area contributed by atoms with Gasteiger partial charge in [-0.25, -0.2) is 0 Å². The lowest BCUT2D eigenvalue weighted by atomic mass is 9.47. The lowest BCUT2D eigenvalue weighted by Gasteiger charge is -2.58. The van der Waals surface area contributed by atoms with Crippen LogP contribution in [0.15, 0.2) is 23.8 Å². The summed E-state index contributed by atoms with van der Waals surface area (Å²) in [5.41, 5.74) is 3.46. The van der Waals surface area contributed by atoms with E-state index >= 15 is 0 Å². The molecule has 2 nitrogen and oxygen atoms in total. The van der Waals surface area contributed by atoms with Gasteiger partial charge in [0.05, 0.1) is 12.2 Å². The largest absolute Gasteiger partial charge is 0.393 e. The molecule has 30 heavy (non-hydrogen) atoms. The van der Waals surface area contributed by atoms with Gasteiger partial charge in [-0.05, 0) is 104 Å². The van der Waals surface area contributed by atoms with Crippen LogP contribution in [-0.2, 0) is 0 Å². The van der Waals surface area contributed by atoms with Crippen LogP contribution in [0.3, 0.4) is 0 Å². The molecule has 0 saturated heterocycles. The van der Waals surface area contributed by atoms with Crippen LogP contribution in [0.5, 0.6) is 0 Å². The molecule has 0 aliphatic heterocycles. The van der Waals surface area contributed by atoms with Crippen LogP contribution in [0.4, 0.5) is 0 Å². The molecule has 1 unspecified atom stereocenters. The Morgan fingerprint density at radius 3 is 2.57 bits per heavy atom. The zero-order valence-electron chi connectivity index (χ0n) is 20.2. The molecule has 9 atom stereocenters. The highest BCUT2D eigenvalue weighted by molar-refractivity contribution is 5.25. The first kappa shape index (κ1) is 22.6. The molecule has 4 rings (SSSR count). The summed E-state index contributed by atoms with van der Waals surface area (Å²) in [4.78, 5) is 0. The Balaban J connectivity index is 1.53.